The van der Waals surface area contributed by atoms with Gasteiger partial charge in [0.25, 0.3) is 0 Å². The predicted molar refractivity (Wildman–Crippen MR) is 91.4 cm³/mol. The lowest BCUT2D eigenvalue weighted by Gasteiger charge is -2.26. The molecule has 7 heteroatoms. The van der Waals surface area contributed by atoms with Crippen LogP contribution in [-0.4, -0.2) is 55.3 Å². The van der Waals surface area contributed by atoms with E-state index in [2.05, 4.69) is 0 Å². The summed E-state index contributed by atoms with van der Waals surface area (Å²) in [7, 11) is -3.60. The first-order chi connectivity index (χ1) is 11.4. The van der Waals surface area contributed by atoms with Crippen molar-refractivity contribution in [3.8, 4) is 5.75 Å². The molecule has 1 heterocycles. The summed E-state index contributed by atoms with van der Waals surface area (Å²) in [5, 5.41) is 18.6. The Bertz CT molecular complexity index is 612. The fourth-order valence-corrected chi connectivity index (χ4v) is 4.99. The van der Waals surface area contributed by atoms with Crippen LogP contribution < -0.4 is 4.74 Å². The predicted octanol–water partition coefficient (Wildman–Crippen LogP) is 1.48. The Morgan fingerprint density at radius 2 is 1.88 bits per heavy atom. The summed E-state index contributed by atoms with van der Waals surface area (Å²) < 4.78 is 32.8. The quantitative estimate of drug-likeness (QED) is 0.736. The van der Waals surface area contributed by atoms with Crippen LogP contribution in [0.25, 0.3) is 0 Å². The molecule has 0 unspecified atom stereocenters. The molecule has 2 rings (SSSR count). The monoisotopic (exact) mass is 357 g/mol. The summed E-state index contributed by atoms with van der Waals surface area (Å²) in [6.07, 6.45) is 1.21. The van der Waals surface area contributed by atoms with Crippen LogP contribution in [0.1, 0.15) is 26.7 Å². The number of ether oxygens (including phenoxy) is 1. The molecule has 24 heavy (non-hydrogen) atoms. The molecule has 1 aromatic rings. The van der Waals surface area contributed by atoms with Crippen LogP contribution in [0.4, 0.5) is 0 Å². The van der Waals surface area contributed by atoms with E-state index in [0.717, 1.165) is 6.42 Å². The van der Waals surface area contributed by atoms with E-state index in [4.69, 9.17) is 4.74 Å². The smallest absolute Gasteiger partial charge is 0.243 e. The van der Waals surface area contributed by atoms with E-state index in [0.29, 0.717) is 25.3 Å². The van der Waals surface area contributed by atoms with Crippen molar-refractivity contribution >= 4 is 10.0 Å². The maximum Gasteiger partial charge on any atom is 0.243 e. The van der Waals surface area contributed by atoms with Gasteiger partial charge in [0.05, 0.1) is 11.5 Å². The minimum atomic E-state index is -3.60. The second-order valence-corrected chi connectivity index (χ2v) is 8.33. The van der Waals surface area contributed by atoms with Crippen LogP contribution in [-0.2, 0) is 10.0 Å². The van der Waals surface area contributed by atoms with Crippen molar-refractivity contribution in [2.24, 2.45) is 11.8 Å². The zero-order chi connectivity index (χ0) is 17.7. The zero-order valence-electron chi connectivity index (χ0n) is 14.3. The fourth-order valence-electron chi connectivity index (χ4n) is 3.22. The molecule has 136 valence electrons. The maximum atomic E-state index is 13.0. The number of benzene rings is 1. The first-order valence-corrected chi connectivity index (χ1v) is 9.82. The highest BCUT2D eigenvalue weighted by Crippen LogP contribution is 2.33. The summed E-state index contributed by atoms with van der Waals surface area (Å²) in [5.74, 6) is 0.604. The summed E-state index contributed by atoms with van der Waals surface area (Å²) in [5.41, 5.74) is 0. The SMILES string of the molecule is CCOc1ccc(S(=O)(=O)N2C[C@@H](C)C[C@@H]2CC(CO)CO)cc1. The number of nitrogens with zero attached hydrogens (tertiary/aromatic N) is 1. The molecule has 2 atom stereocenters. The van der Waals surface area contributed by atoms with Gasteiger partial charge in [-0.1, -0.05) is 6.92 Å². The molecule has 0 radical (unpaired) electrons. The minimum absolute atomic E-state index is 0.141. The molecule has 0 bridgehead atoms. The van der Waals surface area contributed by atoms with Gasteiger partial charge in [-0.05, 0) is 49.9 Å². The lowest BCUT2D eigenvalue weighted by molar-refractivity contribution is 0.128. The molecule has 0 aromatic heterocycles. The Hall–Kier alpha value is -1.15. The molecule has 0 amide bonds. The van der Waals surface area contributed by atoms with Crippen LogP contribution in [0.2, 0.25) is 0 Å². The zero-order valence-corrected chi connectivity index (χ0v) is 15.1. The Labute approximate surface area is 144 Å². The third-order valence-electron chi connectivity index (χ3n) is 4.44. The van der Waals surface area contributed by atoms with Gasteiger partial charge < -0.3 is 14.9 Å². The second kappa shape index (κ2) is 8.29. The van der Waals surface area contributed by atoms with Crippen LogP contribution in [0.3, 0.4) is 0 Å². The van der Waals surface area contributed by atoms with E-state index < -0.39 is 10.0 Å². The third kappa shape index (κ3) is 4.27. The molecule has 0 spiro atoms. The topological polar surface area (TPSA) is 87.1 Å². The van der Waals surface area contributed by atoms with Crippen LogP contribution in [0.15, 0.2) is 29.2 Å². The van der Waals surface area contributed by atoms with Crippen molar-refractivity contribution in [3.63, 3.8) is 0 Å². The molecule has 1 fully saturated rings. The van der Waals surface area contributed by atoms with Gasteiger partial charge in [-0.25, -0.2) is 8.42 Å². The van der Waals surface area contributed by atoms with E-state index in [1.165, 1.54) is 4.31 Å². The average Bonchev–Trinajstić information content (AvgIpc) is 2.94. The summed E-state index contributed by atoms with van der Waals surface area (Å²) in [6, 6.07) is 6.26. The molecule has 1 aliphatic rings. The third-order valence-corrected chi connectivity index (χ3v) is 6.37. The summed E-state index contributed by atoms with van der Waals surface area (Å²) in [4.78, 5) is 0.245. The molecule has 1 aliphatic heterocycles. The molecule has 0 saturated carbocycles. The minimum Gasteiger partial charge on any atom is -0.494 e. The van der Waals surface area contributed by atoms with E-state index in [-0.39, 0.29) is 36.0 Å². The van der Waals surface area contributed by atoms with Crippen molar-refractivity contribution in [1.29, 1.82) is 0 Å². The standard InChI is InChI=1S/C17H27NO5S/c1-3-23-16-4-6-17(7-5-16)24(21,22)18-10-13(2)8-15(18)9-14(11-19)12-20/h4-7,13-15,19-20H,3,8-12H2,1-2H3/t13-,15+/m0/s1. The summed E-state index contributed by atoms with van der Waals surface area (Å²) in [6.45, 7) is 4.61. The number of aliphatic hydroxyl groups excluding tert-OH is 2. The van der Waals surface area contributed by atoms with Gasteiger partial charge >= 0.3 is 0 Å². The highest BCUT2D eigenvalue weighted by Gasteiger charge is 2.39. The largest absolute Gasteiger partial charge is 0.494 e. The molecular formula is C17H27NO5S. The van der Waals surface area contributed by atoms with E-state index in [9.17, 15) is 18.6 Å². The van der Waals surface area contributed by atoms with Crippen LogP contribution >= 0.6 is 0 Å². The molecule has 0 aliphatic carbocycles. The number of rotatable bonds is 8. The number of sulfonamides is 1. The van der Waals surface area contributed by atoms with Gasteiger partial charge in [0.15, 0.2) is 0 Å². The lowest BCUT2D eigenvalue weighted by atomic mass is 9.98. The molecule has 1 aromatic carbocycles. The van der Waals surface area contributed by atoms with Crippen molar-refractivity contribution in [2.75, 3.05) is 26.4 Å². The van der Waals surface area contributed by atoms with E-state index in [1.807, 2.05) is 13.8 Å². The summed E-state index contributed by atoms with van der Waals surface area (Å²) >= 11 is 0. The number of hydrogen-bond donors (Lipinski definition) is 2. The Morgan fingerprint density at radius 1 is 1.25 bits per heavy atom. The highest BCUT2D eigenvalue weighted by molar-refractivity contribution is 7.89. The van der Waals surface area contributed by atoms with Gasteiger partial charge in [-0.15, -0.1) is 0 Å². The maximum absolute atomic E-state index is 13.0. The average molecular weight is 357 g/mol. The second-order valence-electron chi connectivity index (χ2n) is 6.44. The first kappa shape index (κ1) is 19.2. The lowest BCUT2D eigenvalue weighted by Crippen LogP contribution is -2.37. The Kier molecular flexibility index (Phi) is 6.62. The van der Waals surface area contributed by atoms with Crippen molar-refractivity contribution in [1.82, 2.24) is 4.31 Å². The Balaban J connectivity index is 2.21. The van der Waals surface area contributed by atoms with Gasteiger partial charge in [0.2, 0.25) is 10.0 Å². The van der Waals surface area contributed by atoms with Crippen molar-refractivity contribution in [2.45, 2.75) is 37.6 Å². The van der Waals surface area contributed by atoms with Gasteiger partial charge in [-0.2, -0.15) is 4.31 Å². The van der Waals surface area contributed by atoms with Crippen LogP contribution in [0, 0.1) is 11.8 Å². The van der Waals surface area contributed by atoms with E-state index in [1.54, 1.807) is 24.3 Å². The van der Waals surface area contributed by atoms with Crippen LogP contribution in [0.5, 0.6) is 5.75 Å². The number of hydrogen-bond acceptors (Lipinski definition) is 5. The van der Waals surface area contributed by atoms with Gasteiger partial charge in [-0.3, -0.25) is 0 Å². The highest BCUT2D eigenvalue weighted by atomic mass is 32.2. The van der Waals surface area contributed by atoms with Gasteiger partial charge in [0.1, 0.15) is 5.75 Å². The van der Waals surface area contributed by atoms with E-state index >= 15 is 0 Å². The molecule has 1 saturated heterocycles. The molecule has 2 N–H and O–H groups in total. The molecule has 6 nitrogen and oxygen atoms in total. The molecular weight excluding hydrogens is 330 g/mol. The Morgan fingerprint density at radius 3 is 2.42 bits per heavy atom. The number of aliphatic hydroxyl groups is 2. The van der Waals surface area contributed by atoms with Crippen molar-refractivity contribution in [3.05, 3.63) is 24.3 Å². The van der Waals surface area contributed by atoms with Gasteiger partial charge in [0, 0.05) is 31.7 Å². The van der Waals surface area contributed by atoms with Crippen molar-refractivity contribution < 1.29 is 23.4 Å². The normalized spacial score (nSPS) is 22.2. The first-order valence-electron chi connectivity index (χ1n) is 8.38. The fraction of sp³-hybridized carbons (Fsp3) is 0.647.